The average molecular weight is 373 g/mol. The van der Waals surface area contributed by atoms with E-state index in [0.717, 1.165) is 11.3 Å². The zero-order chi connectivity index (χ0) is 18.6. The third-order valence-corrected chi connectivity index (χ3v) is 5.32. The fraction of sp³-hybridized carbons (Fsp3) is 0.167. The first-order valence-corrected chi connectivity index (χ1v) is 9.57. The Morgan fingerprint density at radius 2 is 1.92 bits per heavy atom. The number of aliphatic hydroxyl groups is 1. The number of rotatable bonds is 7. The molecular weight excluding hydrogens is 354 g/mol. The van der Waals surface area contributed by atoms with Gasteiger partial charge in [0.05, 0.1) is 10.5 Å². The lowest BCUT2D eigenvalue weighted by Crippen LogP contribution is -2.25. The monoisotopic (exact) mass is 373 g/mol. The van der Waals surface area contributed by atoms with Crippen LogP contribution in [0.1, 0.15) is 12.0 Å². The van der Waals surface area contributed by atoms with Crippen LogP contribution in [-0.2, 0) is 14.8 Å². The number of amides is 1. The van der Waals surface area contributed by atoms with Crippen LogP contribution in [0.15, 0.2) is 59.6 Å². The van der Waals surface area contributed by atoms with Gasteiger partial charge in [-0.1, -0.05) is 24.3 Å². The summed E-state index contributed by atoms with van der Waals surface area (Å²) in [4.78, 5) is 12.2. The SMILES string of the molecule is O=C1Nc2ccccc2C1=CNc1cccc(S(=O)(=O)NCCCO)c1. The van der Waals surface area contributed by atoms with Crippen molar-refractivity contribution in [2.24, 2.45) is 0 Å². The van der Waals surface area contributed by atoms with E-state index in [-0.39, 0.29) is 24.0 Å². The minimum Gasteiger partial charge on any atom is -0.396 e. The third kappa shape index (κ3) is 3.93. The summed E-state index contributed by atoms with van der Waals surface area (Å²) in [5.74, 6) is -0.215. The molecular formula is C18H19N3O4S. The maximum Gasteiger partial charge on any atom is 0.257 e. The first kappa shape index (κ1) is 18.1. The van der Waals surface area contributed by atoms with Crippen molar-refractivity contribution in [1.29, 1.82) is 0 Å². The normalized spacial score (nSPS) is 15.0. The maximum absolute atomic E-state index is 12.2. The number of para-hydroxylation sites is 1. The Hall–Kier alpha value is -2.68. The zero-order valence-electron chi connectivity index (χ0n) is 13.9. The lowest BCUT2D eigenvalue weighted by atomic mass is 10.1. The summed E-state index contributed by atoms with van der Waals surface area (Å²) in [7, 11) is -3.65. The van der Waals surface area contributed by atoms with Gasteiger partial charge in [-0.15, -0.1) is 0 Å². The summed E-state index contributed by atoms with van der Waals surface area (Å²) in [5, 5.41) is 14.5. The fourth-order valence-electron chi connectivity index (χ4n) is 2.56. The van der Waals surface area contributed by atoms with Gasteiger partial charge in [0.25, 0.3) is 5.91 Å². The Balaban J connectivity index is 1.79. The topological polar surface area (TPSA) is 108 Å². The second kappa shape index (κ2) is 7.69. The molecule has 2 aromatic rings. The van der Waals surface area contributed by atoms with Crippen molar-refractivity contribution in [3.8, 4) is 0 Å². The number of anilines is 2. The molecule has 8 heteroatoms. The van der Waals surface area contributed by atoms with Crippen LogP contribution in [0.2, 0.25) is 0 Å². The summed E-state index contributed by atoms with van der Waals surface area (Å²) in [6, 6.07) is 13.6. The first-order chi connectivity index (χ1) is 12.5. The number of hydrogen-bond donors (Lipinski definition) is 4. The number of hydrogen-bond acceptors (Lipinski definition) is 5. The molecule has 4 N–H and O–H groups in total. The Kier molecular flexibility index (Phi) is 5.36. The van der Waals surface area contributed by atoms with E-state index >= 15 is 0 Å². The second-order valence-corrected chi connectivity index (χ2v) is 7.47. The molecule has 1 heterocycles. The molecule has 136 valence electrons. The number of benzene rings is 2. The van der Waals surface area contributed by atoms with Crippen molar-refractivity contribution in [3.05, 3.63) is 60.3 Å². The van der Waals surface area contributed by atoms with Crippen molar-refractivity contribution >= 4 is 32.9 Å². The maximum atomic E-state index is 12.2. The lowest BCUT2D eigenvalue weighted by molar-refractivity contribution is -0.110. The van der Waals surface area contributed by atoms with Gasteiger partial charge in [0.2, 0.25) is 10.0 Å². The van der Waals surface area contributed by atoms with Crippen LogP contribution >= 0.6 is 0 Å². The molecule has 0 saturated heterocycles. The van der Waals surface area contributed by atoms with Crippen LogP contribution in [-0.4, -0.2) is 32.6 Å². The highest BCUT2D eigenvalue weighted by Gasteiger charge is 2.23. The van der Waals surface area contributed by atoms with E-state index in [4.69, 9.17) is 5.11 Å². The van der Waals surface area contributed by atoms with E-state index in [0.29, 0.717) is 17.7 Å². The Morgan fingerprint density at radius 1 is 1.12 bits per heavy atom. The molecule has 0 aromatic heterocycles. The Morgan fingerprint density at radius 3 is 2.73 bits per heavy atom. The number of fused-ring (bicyclic) bond motifs is 1. The summed E-state index contributed by atoms with van der Waals surface area (Å²) in [5.41, 5.74) is 2.56. The van der Waals surface area contributed by atoms with Crippen LogP contribution < -0.4 is 15.4 Å². The van der Waals surface area contributed by atoms with Crippen LogP contribution in [0.3, 0.4) is 0 Å². The van der Waals surface area contributed by atoms with Gasteiger partial charge in [0.15, 0.2) is 0 Å². The van der Waals surface area contributed by atoms with Gasteiger partial charge in [-0.3, -0.25) is 4.79 Å². The predicted octanol–water partition coefficient (Wildman–Crippen LogP) is 1.75. The van der Waals surface area contributed by atoms with E-state index in [1.807, 2.05) is 24.3 Å². The minimum atomic E-state index is -3.65. The summed E-state index contributed by atoms with van der Waals surface area (Å²) in [6.07, 6.45) is 1.91. The van der Waals surface area contributed by atoms with Crippen molar-refractivity contribution in [2.75, 3.05) is 23.8 Å². The highest BCUT2D eigenvalue weighted by atomic mass is 32.2. The fourth-order valence-corrected chi connectivity index (χ4v) is 3.68. The largest absolute Gasteiger partial charge is 0.396 e. The number of carbonyl (C=O) groups is 1. The van der Waals surface area contributed by atoms with E-state index in [1.165, 1.54) is 12.1 Å². The minimum absolute atomic E-state index is 0.0821. The molecule has 1 aliphatic heterocycles. The standard InChI is InChI=1S/C18H19N3O4S/c22-10-4-9-20-26(24,25)14-6-3-5-13(11-14)19-12-16-15-7-1-2-8-17(15)21-18(16)23/h1-3,5-8,11-12,19-20,22H,4,9-10H2,(H,21,23). The molecule has 2 aromatic carbocycles. The van der Waals surface area contributed by atoms with Crippen molar-refractivity contribution in [1.82, 2.24) is 4.72 Å². The number of aliphatic hydroxyl groups excluding tert-OH is 1. The summed E-state index contributed by atoms with van der Waals surface area (Å²) in [6.45, 7) is 0.0821. The van der Waals surface area contributed by atoms with E-state index in [1.54, 1.807) is 18.3 Å². The van der Waals surface area contributed by atoms with Crippen LogP contribution in [0, 0.1) is 0 Å². The third-order valence-electron chi connectivity index (χ3n) is 3.86. The molecule has 0 radical (unpaired) electrons. The first-order valence-electron chi connectivity index (χ1n) is 8.09. The van der Waals surface area contributed by atoms with Gasteiger partial charge < -0.3 is 15.7 Å². The van der Waals surface area contributed by atoms with Crippen molar-refractivity contribution < 1.29 is 18.3 Å². The van der Waals surface area contributed by atoms with Crippen LogP contribution in [0.5, 0.6) is 0 Å². The number of sulfonamides is 1. The Labute approximate surface area is 151 Å². The zero-order valence-corrected chi connectivity index (χ0v) is 14.7. The molecule has 0 fully saturated rings. The molecule has 1 amide bonds. The number of nitrogens with one attached hydrogen (secondary N) is 3. The van der Waals surface area contributed by atoms with E-state index in [9.17, 15) is 13.2 Å². The Bertz CT molecular complexity index is 954. The highest BCUT2D eigenvalue weighted by molar-refractivity contribution is 7.89. The summed E-state index contributed by atoms with van der Waals surface area (Å²) < 4.78 is 26.9. The lowest BCUT2D eigenvalue weighted by Gasteiger charge is -2.08. The van der Waals surface area contributed by atoms with Gasteiger partial charge in [0, 0.05) is 36.3 Å². The highest BCUT2D eigenvalue weighted by Crippen LogP contribution is 2.31. The van der Waals surface area contributed by atoms with Gasteiger partial charge in [-0.25, -0.2) is 13.1 Å². The average Bonchev–Trinajstić information content (AvgIpc) is 2.95. The molecule has 3 rings (SSSR count). The molecule has 0 saturated carbocycles. The molecule has 0 bridgehead atoms. The van der Waals surface area contributed by atoms with Crippen LogP contribution in [0.25, 0.3) is 5.57 Å². The second-order valence-electron chi connectivity index (χ2n) is 5.70. The predicted molar refractivity (Wildman–Crippen MR) is 100 cm³/mol. The van der Waals surface area contributed by atoms with Gasteiger partial charge in [-0.05, 0) is 30.7 Å². The van der Waals surface area contributed by atoms with Gasteiger partial charge in [0.1, 0.15) is 0 Å². The van der Waals surface area contributed by atoms with E-state index in [2.05, 4.69) is 15.4 Å². The molecule has 7 nitrogen and oxygen atoms in total. The molecule has 0 atom stereocenters. The van der Waals surface area contributed by atoms with Crippen LogP contribution in [0.4, 0.5) is 11.4 Å². The number of carbonyl (C=O) groups excluding carboxylic acids is 1. The van der Waals surface area contributed by atoms with Crippen molar-refractivity contribution in [2.45, 2.75) is 11.3 Å². The molecule has 0 aliphatic carbocycles. The smallest absolute Gasteiger partial charge is 0.257 e. The molecule has 0 unspecified atom stereocenters. The summed E-state index contributed by atoms with van der Waals surface area (Å²) >= 11 is 0. The molecule has 0 spiro atoms. The van der Waals surface area contributed by atoms with Gasteiger partial charge in [-0.2, -0.15) is 0 Å². The van der Waals surface area contributed by atoms with E-state index < -0.39 is 10.0 Å². The van der Waals surface area contributed by atoms with Gasteiger partial charge >= 0.3 is 0 Å². The quantitative estimate of drug-likeness (QED) is 0.437. The van der Waals surface area contributed by atoms with Crippen molar-refractivity contribution in [3.63, 3.8) is 0 Å². The molecule has 26 heavy (non-hydrogen) atoms. The molecule has 1 aliphatic rings.